The molecule has 0 aromatic heterocycles. The van der Waals surface area contributed by atoms with E-state index >= 15 is 0 Å². The second-order valence-electron chi connectivity index (χ2n) is 5.61. The van der Waals surface area contributed by atoms with Crippen LogP contribution in [-0.4, -0.2) is 19.0 Å². The maximum Gasteiger partial charge on any atom is 0.251 e. The minimum Gasteiger partial charge on any atom is -0.388 e. The smallest absolute Gasteiger partial charge is 0.251 e. The van der Waals surface area contributed by atoms with Gasteiger partial charge in [0.1, 0.15) is 0 Å². The molecule has 1 saturated carbocycles. The van der Waals surface area contributed by atoms with Crippen molar-refractivity contribution >= 4 is 11.6 Å². The van der Waals surface area contributed by atoms with Crippen molar-refractivity contribution in [1.82, 2.24) is 5.32 Å². The number of nitrogens with one attached hydrogen (secondary N) is 2. The highest BCUT2D eigenvalue weighted by atomic mass is 16.1. The molecular formula is C18H20N2O. The van der Waals surface area contributed by atoms with Gasteiger partial charge in [0.25, 0.3) is 5.91 Å². The summed E-state index contributed by atoms with van der Waals surface area (Å²) in [4.78, 5) is 12.4. The van der Waals surface area contributed by atoms with Gasteiger partial charge in [-0.15, -0.1) is 0 Å². The minimum atomic E-state index is 0.0265. The van der Waals surface area contributed by atoms with Crippen LogP contribution in [0.15, 0.2) is 48.5 Å². The average molecular weight is 280 g/mol. The second kappa shape index (κ2) is 5.60. The molecule has 3 nitrogen and oxygen atoms in total. The lowest BCUT2D eigenvalue weighted by Crippen LogP contribution is -2.27. The van der Waals surface area contributed by atoms with Gasteiger partial charge in [-0.25, -0.2) is 0 Å². The lowest BCUT2D eigenvalue weighted by atomic mass is 10.1. The van der Waals surface area contributed by atoms with Gasteiger partial charge in [0.2, 0.25) is 0 Å². The van der Waals surface area contributed by atoms with Gasteiger partial charge in [0, 0.05) is 30.3 Å². The van der Waals surface area contributed by atoms with E-state index in [2.05, 4.69) is 22.8 Å². The Morgan fingerprint density at radius 1 is 1.14 bits per heavy atom. The van der Waals surface area contributed by atoms with Crippen molar-refractivity contribution in [2.45, 2.75) is 25.3 Å². The van der Waals surface area contributed by atoms with Gasteiger partial charge in [-0.1, -0.05) is 30.3 Å². The van der Waals surface area contributed by atoms with E-state index in [1.807, 2.05) is 50.4 Å². The van der Waals surface area contributed by atoms with Crippen molar-refractivity contribution in [1.29, 1.82) is 0 Å². The van der Waals surface area contributed by atoms with Gasteiger partial charge in [0.05, 0.1) is 0 Å². The number of amides is 1. The fourth-order valence-corrected chi connectivity index (χ4v) is 2.74. The SMILES string of the molecule is CNc1ccc(C(=O)NC2CC2c2ccccc2)c(C)c1. The Morgan fingerprint density at radius 2 is 1.90 bits per heavy atom. The van der Waals surface area contributed by atoms with E-state index in [0.717, 1.165) is 23.2 Å². The van der Waals surface area contributed by atoms with Crippen molar-refractivity contribution in [2.24, 2.45) is 0 Å². The van der Waals surface area contributed by atoms with Crippen LogP contribution in [0.3, 0.4) is 0 Å². The van der Waals surface area contributed by atoms with Crippen molar-refractivity contribution < 1.29 is 4.79 Å². The average Bonchev–Trinajstić information content (AvgIpc) is 3.27. The summed E-state index contributed by atoms with van der Waals surface area (Å²) in [5.41, 5.74) is 4.09. The van der Waals surface area contributed by atoms with Gasteiger partial charge >= 0.3 is 0 Å². The summed E-state index contributed by atoms with van der Waals surface area (Å²) in [6, 6.07) is 16.5. The molecule has 2 unspecified atom stereocenters. The summed E-state index contributed by atoms with van der Waals surface area (Å²) in [6.07, 6.45) is 1.03. The van der Waals surface area contributed by atoms with E-state index in [9.17, 15) is 4.79 Å². The van der Waals surface area contributed by atoms with Crippen LogP contribution in [-0.2, 0) is 0 Å². The molecule has 21 heavy (non-hydrogen) atoms. The van der Waals surface area contributed by atoms with Crippen LogP contribution in [0.2, 0.25) is 0 Å². The van der Waals surface area contributed by atoms with Crippen molar-refractivity contribution in [3.63, 3.8) is 0 Å². The summed E-state index contributed by atoms with van der Waals surface area (Å²) < 4.78 is 0. The van der Waals surface area contributed by atoms with Crippen LogP contribution < -0.4 is 10.6 Å². The van der Waals surface area contributed by atoms with Gasteiger partial charge in [-0.3, -0.25) is 4.79 Å². The normalized spacial score (nSPS) is 19.9. The quantitative estimate of drug-likeness (QED) is 0.902. The Labute approximate surface area is 125 Å². The van der Waals surface area contributed by atoms with E-state index in [4.69, 9.17) is 0 Å². The van der Waals surface area contributed by atoms with E-state index < -0.39 is 0 Å². The zero-order valence-corrected chi connectivity index (χ0v) is 12.4. The topological polar surface area (TPSA) is 41.1 Å². The minimum absolute atomic E-state index is 0.0265. The number of aryl methyl sites for hydroxylation is 1. The van der Waals surface area contributed by atoms with Crippen LogP contribution in [0, 0.1) is 6.92 Å². The maximum absolute atomic E-state index is 12.4. The van der Waals surface area contributed by atoms with Crippen molar-refractivity contribution in [3.8, 4) is 0 Å². The maximum atomic E-state index is 12.4. The summed E-state index contributed by atoms with van der Waals surface area (Å²) in [5.74, 6) is 0.491. The molecular weight excluding hydrogens is 260 g/mol. The van der Waals surface area contributed by atoms with E-state index in [1.165, 1.54) is 5.56 Å². The van der Waals surface area contributed by atoms with Crippen LogP contribution >= 0.6 is 0 Å². The van der Waals surface area contributed by atoms with Crippen molar-refractivity contribution in [3.05, 3.63) is 65.2 Å². The summed E-state index contributed by atoms with van der Waals surface area (Å²) in [6.45, 7) is 1.97. The molecule has 0 saturated heterocycles. The third-order valence-electron chi connectivity index (χ3n) is 4.09. The number of carbonyl (C=O) groups excluding carboxylic acids is 1. The zero-order chi connectivity index (χ0) is 14.8. The Bertz CT molecular complexity index is 652. The number of anilines is 1. The molecule has 1 fully saturated rings. The van der Waals surface area contributed by atoms with Crippen LogP contribution in [0.1, 0.15) is 33.8 Å². The molecule has 2 aromatic carbocycles. The number of benzene rings is 2. The van der Waals surface area contributed by atoms with Gasteiger partial charge in [0.15, 0.2) is 0 Å². The van der Waals surface area contributed by atoms with Crippen molar-refractivity contribution in [2.75, 3.05) is 12.4 Å². The molecule has 1 aliphatic rings. The highest BCUT2D eigenvalue weighted by Gasteiger charge is 2.39. The first-order valence-electron chi connectivity index (χ1n) is 7.33. The van der Waals surface area contributed by atoms with Crippen LogP contribution in [0.4, 0.5) is 5.69 Å². The fraction of sp³-hybridized carbons (Fsp3) is 0.278. The predicted octanol–water partition coefficient (Wildman–Crippen LogP) is 3.32. The molecule has 2 N–H and O–H groups in total. The van der Waals surface area contributed by atoms with Gasteiger partial charge in [-0.2, -0.15) is 0 Å². The molecule has 0 bridgehead atoms. The molecule has 0 heterocycles. The lowest BCUT2D eigenvalue weighted by Gasteiger charge is -2.09. The molecule has 0 spiro atoms. The highest BCUT2D eigenvalue weighted by Crippen LogP contribution is 2.40. The second-order valence-corrected chi connectivity index (χ2v) is 5.61. The fourth-order valence-electron chi connectivity index (χ4n) is 2.74. The Balaban J connectivity index is 1.66. The third kappa shape index (κ3) is 2.92. The number of hydrogen-bond donors (Lipinski definition) is 2. The van der Waals surface area contributed by atoms with Gasteiger partial charge < -0.3 is 10.6 Å². The van der Waals surface area contributed by atoms with E-state index in [0.29, 0.717) is 5.92 Å². The molecule has 3 heteroatoms. The third-order valence-corrected chi connectivity index (χ3v) is 4.09. The molecule has 2 atom stereocenters. The highest BCUT2D eigenvalue weighted by molar-refractivity contribution is 5.96. The molecule has 3 rings (SSSR count). The van der Waals surface area contributed by atoms with Gasteiger partial charge in [-0.05, 0) is 42.7 Å². The Morgan fingerprint density at radius 3 is 2.57 bits per heavy atom. The molecule has 2 aromatic rings. The first-order valence-corrected chi connectivity index (χ1v) is 7.33. The monoisotopic (exact) mass is 280 g/mol. The number of hydrogen-bond acceptors (Lipinski definition) is 2. The summed E-state index contributed by atoms with van der Waals surface area (Å²) >= 11 is 0. The zero-order valence-electron chi connectivity index (χ0n) is 12.4. The molecule has 1 aliphatic carbocycles. The Hall–Kier alpha value is -2.29. The molecule has 1 amide bonds. The first-order chi connectivity index (χ1) is 10.2. The molecule has 0 radical (unpaired) electrons. The van der Waals surface area contributed by atoms with Crippen LogP contribution in [0.5, 0.6) is 0 Å². The summed E-state index contributed by atoms with van der Waals surface area (Å²) in [7, 11) is 1.88. The predicted molar refractivity (Wildman–Crippen MR) is 85.8 cm³/mol. The van der Waals surface area contributed by atoms with E-state index in [1.54, 1.807) is 0 Å². The lowest BCUT2D eigenvalue weighted by molar-refractivity contribution is 0.0949. The van der Waals surface area contributed by atoms with Crippen LogP contribution in [0.25, 0.3) is 0 Å². The number of carbonyl (C=O) groups is 1. The summed E-state index contributed by atoms with van der Waals surface area (Å²) in [5, 5.41) is 6.22. The first kappa shape index (κ1) is 13.7. The number of rotatable bonds is 4. The molecule has 108 valence electrons. The van der Waals surface area contributed by atoms with E-state index in [-0.39, 0.29) is 11.9 Å². The Kier molecular flexibility index (Phi) is 3.65. The molecule has 0 aliphatic heterocycles. The standard InChI is InChI=1S/C18H20N2O/c1-12-10-14(19-2)8-9-15(12)18(21)20-17-11-16(17)13-6-4-3-5-7-13/h3-10,16-17,19H,11H2,1-2H3,(H,20,21). The largest absolute Gasteiger partial charge is 0.388 e.